The maximum atomic E-state index is 12.4. The lowest BCUT2D eigenvalue weighted by molar-refractivity contribution is -0.115. The lowest BCUT2D eigenvalue weighted by Crippen LogP contribution is -2.23. The Labute approximate surface area is 160 Å². The number of anilines is 1. The molecule has 0 aromatic heterocycles. The first-order valence-electron chi connectivity index (χ1n) is 8.98. The van der Waals surface area contributed by atoms with Crippen molar-refractivity contribution in [1.82, 2.24) is 4.90 Å². The van der Waals surface area contributed by atoms with Gasteiger partial charge in [0.05, 0.1) is 12.4 Å². The summed E-state index contributed by atoms with van der Waals surface area (Å²) in [5.41, 5.74) is 2.09. The molecule has 2 rings (SSSR count). The number of hydrogen-bond donors (Lipinski definition) is 1. The molecule has 0 saturated heterocycles. The minimum absolute atomic E-state index is 0.00214. The second kappa shape index (κ2) is 10.2. The normalized spacial score (nSPS) is 12.0. The average Bonchev–Trinajstić information content (AvgIpc) is 2.67. The van der Waals surface area contributed by atoms with Gasteiger partial charge in [0.1, 0.15) is 5.75 Å². The summed E-state index contributed by atoms with van der Waals surface area (Å²) in [6.45, 7) is 9.26. The first-order valence-corrected chi connectivity index (χ1v) is 9.86. The van der Waals surface area contributed by atoms with Crippen LogP contribution < -0.4 is 10.1 Å². The van der Waals surface area contributed by atoms with Gasteiger partial charge < -0.3 is 10.1 Å². The Morgan fingerprint density at radius 2 is 1.69 bits per heavy atom. The van der Waals surface area contributed by atoms with Gasteiger partial charge in [-0.15, -0.1) is 11.8 Å². The molecule has 0 fully saturated rings. The summed E-state index contributed by atoms with van der Waals surface area (Å²) < 4.78 is 5.16. The summed E-state index contributed by atoms with van der Waals surface area (Å²) in [7, 11) is 1.64. The number of methoxy groups -OCH3 is 1. The third-order valence-corrected chi connectivity index (χ3v) is 5.38. The van der Waals surface area contributed by atoms with Gasteiger partial charge in [-0.05, 0) is 62.0 Å². The summed E-state index contributed by atoms with van der Waals surface area (Å²) in [4.78, 5) is 15.8. The number of rotatable bonds is 9. The van der Waals surface area contributed by atoms with Gasteiger partial charge in [-0.25, -0.2) is 0 Å². The van der Waals surface area contributed by atoms with Crippen molar-refractivity contribution >= 4 is 23.4 Å². The zero-order chi connectivity index (χ0) is 18.9. The van der Waals surface area contributed by atoms with E-state index in [-0.39, 0.29) is 11.2 Å². The molecular weight excluding hydrogens is 344 g/mol. The van der Waals surface area contributed by atoms with Crippen LogP contribution in [0.4, 0.5) is 5.69 Å². The highest BCUT2D eigenvalue weighted by molar-refractivity contribution is 8.00. The third-order valence-electron chi connectivity index (χ3n) is 4.26. The second-order valence-corrected chi connectivity index (χ2v) is 7.50. The van der Waals surface area contributed by atoms with E-state index in [1.165, 1.54) is 17.3 Å². The average molecular weight is 373 g/mol. The van der Waals surface area contributed by atoms with Crippen molar-refractivity contribution in [2.75, 3.05) is 25.5 Å². The Balaban J connectivity index is 1.89. The fraction of sp³-hybridized carbons (Fsp3) is 0.381. The van der Waals surface area contributed by atoms with Crippen molar-refractivity contribution in [3.63, 3.8) is 0 Å². The number of carbonyl (C=O) groups excluding carboxylic acids is 1. The molecular formula is C21H28N2O2S. The second-order valence-electron chi connectivity index (χ2n) is 6.08. The van der Waals surface area contributed by atoms with Gasteiger partial charge in [0.15, 0.2) is 0 Å². The molecule has 1 N–H and O–H groups in total. The van der Waals surface area contributed by atoms with Crippen LogP contribution in [0.5, 0.6) is 5.75 Å². The summed E-state index contributed by atoms with van der Waals surface area (Å²) in [6.07, 6.45) is 0. The summed E-state index contributed by atoms with van der Waals surface area (Å²) in [5, 5.41) is 2.81. The molecule has 0 aliphatic carbocycles. The standard InChI is InChI=1S/C21H28N2O2S/c1-5-23(6-2)15-17-7-9-18(10-8-17)22-21(24)16(3)26-20-13-11-19(25-4)12-14-20/h7-14,16H,5-6,15H2,1-4H3,(H,22,24). The summed E-state index contributed by atoms with van der Waals surface area (Å²) in [5.74, 6) is 0.818. The lowest BCUT2D eigenvalue weighted by Gasteiger charge is -2.18. The predicted octanol–water partition coefficient (Wildman–Crippen LogP) is 4.66. The Morgan fingerprint density at radius 3 is 2.23 bits per heavy atom. The topological polar surface area (TPSA) is 41.6 Å². The van der Waals surface area contributed by atoms with E-state index in [0.717, 1.165) is 36.0 Å². The summed E-state index contributed by atoms with van der Waals surface area (Å²) >= 11 is 1.53. The number of hydrogen-bond acceptors (Lipinski definition) is 4. The fourth-order valence-electron chi connectivity index (χ4n) is 2.55. The van der Waals surface area contributed by atoms with Crippen molar-refractivity contribution in [2.24, 2.45) is 0 Å². The highest BCUT2D eigenvalue weighted by Crippen LogP contribution is 2.26. The SMILES string of the molecule is CCN(CC)Cc1ccc(NC(=O)C(C)Sc2ccc(OC)cc2)cc1. The predicted molar refractivity (Wildman–Crippen MR) is 110 cm³/mol. The number of benzene rings is 2. The fourth-order valence-corrected chi connectivity index (χ4v) is 3.42. The van der Waals surface area contributed by atoms with Gasteiger partial charge in [0.25, 0.3) is 0 Å². The van der Waals surface area contributed by atoms with Crippen molar-refractivity contribution in [2.45, 2.75) is 37.5 Å². The van der Waals surface area contributed by atoms with Crippen molar-refractivity contribution in [1.29, 1.82) is 0 Å². The molecule has 0 aliphatic heterocycles. The third kappa shape index (κ3) is 6.07. The Hall–Kier alpha value is -1.98. The lowest BCUT2D eigenvalue weighted by atomic mass is 10.2. The van der Waals surface area contributed by atoms with E-state index in [9.17, 15) is 4.79 Å². The molecule has 0 radical (unpaired) electrons. The van der Waals surface area contributed by atoms with Gasteiger partial charge in [-0.2, -0.15) is 0 Å². The molecule has 2 aromatic carbocycles. The summed E-state index contributed by atoms with van der Waals surface area (Å²) in [6, 6.07) is 15.8. The molecule has 0 bridgehead atoms. The Kier molecular flexibility index (Phi) is 8.01. The number of ether oxygens (including phenoxy) is 1. The zero-order valence-corrected chi connectivity index (χ0v) is 16.8. The van der Waals surface area contributed by atoms with E-state index in [4.69, 9.17) is 4.74 Å². The van der Waals surface area contributed by atoms with Crippen molar-refractivity contribution in [3.8, 4) is 5.75 Å². The molecule has 4 nitrogen and oxygen atoms in total. The molecule has 0 saturated carbocycles. The van der Waals surface area contributed by atoms with Gasteiger partial charge in [-0.3, -0.25) is 9.69 Å². The zero-order valence-electron chi connectivity index (χ0n) is 16.0. The van der Waals surface area contributed by atoms with Crippen LogP contribution in [0, 0.1) is 0 Å². The van der Waals surface area contributed by atoms with E-state index in [1.54, 1.807) is 7.11 Å². The molecule has 2 aromatic rings. The van der Waals surface area contributed by atoms with E-state index in [2.05, 4.69) is 36.2 Å². The van der Waals surface area contributed by atoms with E-state index in [1.807, 2.05) is 43.3 Å². The number of thioether (sulfide) groups is 1. The highest BCUT2D eigenvalue weighted by Gasteiger charge is 2.14. The van der Waals surface area contributed by atoms with Crippen LogP contribution >= 0.6 is 11.8 Å². The maximum Gasteiger partial charge on any atom is 0.237 e. The minimum atomic E-state index is -0.182. The number of amides is 1. The van der Waals surface area contributed by atoms with E-state index < -0.39 is 0 Å². The quantitative estimate of drug-likeness (QED) is 0.650. The number of nitrogens with zero attached hydrogens (tertiary/aromatic N) is 1. The van der Waals surface area contributed by atoms with Crippen LogP contribution in [-0.4, -0.2) is 36.3 Å². The molecule has 0 heterocycles. The largest absolute Gasteiger partial charge is 0.497 e. The van der Waals surface area contributed by atoms with Crippen LogP contribution in [0.2, 0.25) is 0 Å². The molecule has 1 unspecified atom stereocenters. The molecule has 0 spiro atoms. The van der Waals surface area contributed by atoms with Gasteiger partial charge >= 0.3 is 0 Å². The van der Waals surface area contributed by atoms with Gasteiger partial charge in [0.2, 0.25) is 5.91 Å². The first-order chi connectivity index (χ1) is 12.5. The van der Waals surface area contributed by atoms with Gasteiger partial charge in [0, 0.05) is 17.1 Å². The molecule has 26 heavy (non-hydrogen) atoms. The Bertz CT molecular complexity index is 682. The van der Waals surface area contributed by atoms with Crippen LogP contribution in [0.1, 0.15) is 26.3 Å². The van der Waals surface area contributed by atoms with Crippen LogP contribution in [0.25, 0.3) is 0 Å². The monoisotopic (exact) mass is 372 g/mol. The minimum Gasteiger partial charge on any atom is -0.497 e. The maximum absolute atomic E-state index is 12.4. The number of carbonyl (C=O) groups is 1. The molecule has 0 aliphatic rings. The molecule has 5 heteroatoms. The van der Waals surface area contributed by atoms with Crippen LogP contribution in [0.15, 0.2) is 53.4 Å². The molecule has 1 atom stereocenters. The number of nitrogens with one attached hydrogen (secondary N) is 1. The van der Waals surface area contributed by atoms with Crippen molar-refractivity contribution < 1.29 is 9.53 Å². The van der Waals surface area contributed by atoms with Crippen LogP contribution in [0.3, 0.4) is 0 Å². The van der Waals surface area contributed by atoms with Crippen LogP contribution in [-0.2, 0) is 11.3 Å². The van der Waals surface area contributed by atoms with Crippen molar-refractivity contribution in [3.05, 3.63) is 54.1 Å². The Morgan fingerprint density at radius 1 is 1.08 bits per heavy atom. The van der Waals surface area contributed by atoms with E-state index in [0.29, 0.717) is 0 Å². The highest BCUT2D eigenvalue weighted by atomic mass is 32.2. The first kappa shape index (κ1) is 20.3. The molecule has 1 amide bonds. The smallest absolute Gasteiger partial charge is 0.237 e. The molecule has 140 valence electrons. The van der Waals surface area contributed by atoms with E-state index >= 15 is 0 Å². The van der Waals surface area contributed by atoms with Gasteiger partial charge in [-0.1, -0.05) is 26.0 Å².